The quantitative estimate of drug-likeness (QED) is 0.811. The first-order valence-electron chi connectivity index (χ1n) is 6.87. The van der Waals surface area contributed by atoms with Crippen molar-refractivity contribution >= 4 is 11.9 Å². The highest BCUT2D eigenvalue weighted by molar-refractivity contribution is 5.85. The molecule has 1 atom stereocenters. The van der Waals surface area contributed by atoms with Crippen LogP contribution in [0.15, 0.2) is 30.3 Å². The predicted octanol–water partition coefficient (Wildman–Crippen LogP) is 1.70. The lowest BCUT2D eigenvalue weighted by molar-refractivity contribution is -0.158. The van der Waals surface area contributed by atoms with Crippen LogP contribution in [-0.2, 0) is 25.5 Å². The number of benzene rings is 1. The molecular formula is C16H23NO4. The maximum absolute atomic E-state index is 12.2. The monoisotopic (exact) mass is 293 g/mol. The molecule has 0 saturated heterocycles. The van der Waals surface area contributed by atoms with Crippen LogP contribution in [0.4, 0.5) is 0 Å². The Kier molecular flexibility index (Phi) is 6.37. The predicted molar refractivity (Wildman–Crippen MR) is 79.8 cm³/mol. The van der Waals surface area contributed by atoms with Crippen LogP contribution >= 0.6 is 0 Å². The minimum absolute atomic E-state index is 0.0892. The highest BCUT2D eigenvalue weighted by Crippen LogP contribution is 2.11. The van der Waals surface area contributed by atoms with Gasteiger partial charge in [-0.2, -0.15) is 0 Å². The Balaban J connectivity index is 2.78. The minimum atomic E-state index is -0.728. The Labute approximate surface area is 125 Å². The molecule has 5 nitrogen and oxygen atoms in total. The van der Waals surface area contributed by atoms with E-state index in [2.05, 4.69) is 5.32 Å². The Morgan fingerprint density at radius 1 is 1.19 bits per heavy atom. The summed E-state index contributed by atoms with van der Waals surface area (Å²) in [6.45, 7) is 5.29. The standard InChI is InChI=1S/C16H23NO4/c1-16(2,3)21-15(19)13(17-14(18)11-20-4)10-12-8-6-5-7-9-12/h5-9,13H,10-11H2,1-4H3,(H,17,18)/t13-/m1/s1. The summed E-state index contributed by atoms with van der Waals surface area (Å²) in [7, 11) is 1.43. The molecule has 0 aromatic heterocycles. The van der Waals surface area contributed by atoms with Crippen molar-refractivity contribution in [1.82, 2.24) is 5.32 Å². The van der Waals surface area contributed by atoms with Crippen molar-refractivity contribution in [3.63, 3.8) is 0 Å². The van der Waals surface area contributed by atoms with Gasteiger partial charge in [-0.15, -0.1) is 0 Å². The van der Waals surface area contributed by atoms with E-state index in [4.69, 9.17) is 9.47 Å². The van der Waals surface area contributed by atoms with Gasteiger partial charge in [0.15, 0.2) is 0 Å². The number of hydrogen-bond donors (Lipinski definition) is 1. The SMILES string of the molecule is COCC(=O)N[C@H](Cc1ccccc1)C(=O)OC(C)(C)C. The molecule has 1 rings (SSSR count). The first-order valence-corrected chi connectivity index (χ1v) is 6.87. The molecule has 1 aromatic rings. The van der Waals surface area contributed by atoms with Gasteiger partial charge in [0.2, 0.25) is 5.91 Å². The molecule has 21 heavy (non-hydrogen) atoms. The third kappa shape index (κ3) is 6.90. The van der Waals surface area contributed by atoms with Gasteiger partial charge in [-0.05, 0) is 26.3 Å². The van der Waals surface area contributed by atoms with Gasteiger partial charge in [-0.1, -0.05) is 30.3 Å². The molecule has 5 heteroatoms. The molecule has 0 unspecified atom stereocenters. The van der Waals surface area contributed by atoms with E-state index in [9.17, 15) is 9.59 Å². The van der Waals surface area contributed by atoms with Gasteiger partial charge < -0.3 is 14.8 Å². The van der Waals surface area contributed by atoms with E-state index < -0.39 is 17.6 Å². The first-order chi connectivity index (χ1) is 9.81. The summed E-state index contributed by atoms with van der Waals surface area (Å²) in [4.78, 5) is 23.9. The van der Waals surface area contributed by atoms with Crippen LogP contribution in [0.2, 0.25) is 0 Å². The fourth-order valence-corrected chi connectivity index (χ4v) is 1.78. The first kappa shape index (κ1) is 17.2. The number of hydrogen-bond acceptors (Lipinski definition) is 4. The largest absolute Gasteiger partial charge is 0.458 e. The van der Waals surface area contributed by atoms with Gasteiger partial charge in [-0.3, -0.25) is 4.79 Å². The summed E-state index contributed by atoms with van der Waals surface area (Å²) in [6, 6.07) is 8.75. The molecule has 0 aliphatic rings. The molecule has 1 aromatic carbocycles. The fraction of sp³-hybridized carbons (Fsp3) is 0.500. The number of methoxy groups -OCH3 is 1. The zero-order valence-electron chi connectivity index (χ0n) is 13.0. The Hall–Kier alpha value is -1.88. The summed E-state index contributed by atoms with van der Waals surface area (Å²) in [5, 5.41) is 2.65. The number of esters is 1. The van der Waals surface area contributed by atoms with Crippen LogP contribution in [0.25, 0.3) is 0 Å². The minimum Gasteiger partial charge on any atom is -0.458 e. The zero-order chi connectivity index (χ0) is 15.9. The van der Waals surface area contributed by atoms with Crippen LogP contribution < -0.4 is 5.32 Å². The molecule has 0 saturated carbocycles. The molecule has 116 valence electrons. The number of carbonyl (C=O) groups is 2. The van der Waals surface area contributed by atoms with Crippen LogP contribution in [-0.4, -0.2) is 37.2 Å². The maximum atomic E-state index is 12.2. The summed E-state index contributed by atoms with van der Waals surface area (Å²) < 4.78 is 10.1. The second-order valence-corrected chi connectivity index (χ2v) is 5.78. The number of ether oxygens (including phenoxy) is 2. The second-order valence-electron chi connectivity index (χ2n) is 5.78. The number of nitrogens with one attached hydrogen (secondary N) is 1. The highest BCUT2D eigenvalue weighted by atomic mass is 16.6. The lowest BCUT2D eigenvalue weighted by Gasteiger charge is -2.24. The Morgan fingerprint density at radius 3 is 2.33 bits per heavy atom. The summed E-state index contributed by atoms with van der Waals surface area (Å²) in [5.41, 5.74) is 0.351. The van der Waals surface area contributed by atoms with E-state index in [0.717, 1.165) is 5.56 Å². The number of carbonyl (C=O) groups excluding carboxylic acids is 2. The van der Waals surface area contributed by atoms with Gasteiger partial charge in [-0.25, -0.2) is 4.79 Å². The van der Waals surface area contributed by atoms with Crippen molar-refractivity contribution in [1.29, 1.82) is 0 Å². The summed E-state index contributed by atoms with van der Waals surface area (Å²) >= 11 is 0. The lowest BCUT2D eigenvalue weighted by atomic mass is 10.1. The van der Waals surface area contributed by atoms with Gasteiger partial charge in [0, 0.05) is 13.5 Å². The van der Waals surface area contributed by atoms with Gasteiger partial charge in [0.1, 0.15) is 18.2 Å². The van der Waals surface area contributed by atoms with Crippen molar-refractivity contribution < 1.29 is 19.1 Å². The smallest absolute Gasteiger partial charge is 0.329 e. The van der Waals surface area contributed by atoms with E-state index >= 15 is 0 Å². The molecular weight excluding hydrogens is 270 g/mol. The molecule has 0 radical (unpaired) electrons. The molecule has 0 aliphatic carbocycles. The fourth-order valence-electron chi connectivity index (χ4n) is 1.78. The van der Waals surface area contributed by atoms with Gasteiger partial charge in [0.25, 0.3) is 0 Å². The molecule has 1 N–H and O–H groups in total. The van der Waals surface area contributed by atoms with E-state index in [1.807, 2.05) is 30.3 Å². The van der Waals surface area contributed by atoms with Gasteiger partial charge in [0.05, 0.1) is 0 Å². The van der Waals surface area contributed by atoms with Crippen molar-refractivity contribution in [3.05, 3.63) is 35.9 Å². The van der Waals surface area contributed by atoms with E-state index in [-0.39, 0.29) is 12.5 Å². The Morgan fingerprint density at radius 2 is 1.81 bits per heavy atom. The van der Waals surface area contributed by atoms with E-state index in [0.29, 0.717) is 6.42 Å². The molecule has 0 heterocycles. The summed E-state index contributed by atoms with van der Waals surface area (Å²) in [6.07, 6.45) is 0.380. The molecule has 0 fully saturated rings. The molecule has 0 bridgehead atoms. The van der Waals surface area contributed by atoms with Crippen molar-refractivity contribution in [2.45, 2.75) is 38.8 Å². The van der Waals surface area contributed by atoms with Crippen LogP contribution in [0.1, 0.15) is 26.3 Å². The van der Waals surface area contributed by atoms with E-state index in [1.54, 1.807) is 20.8 Å². The topological polar surface area (TPSA) is 64.6 Å². The van der Waals surface area contributed by atoms with Crippen LogP contribution in [0.3, 0.4) is 0 Å². The average Bonchev–Trinajstić information content (AvgIpc) is 2.37. The molecule has 1 amide bonds. The molecule has 0 spiro atoms. The highest BCUT2D eigenvalue weighted by Gasteiger charge is 2.26. The lowest BCUT2D eigenvalue weighted by Crippen LogP contribution is -2.46. The van der Waals surface area contributed by atoms with Crippen molar-refractivity contribution in [2.75, 3.05) is 13.7 Å². The van der Waals surface area contributed by atoms with Crippen molar-refractivity contribution in [2.24, 2.45) is 0 Å². The number of amides is 1. The van der Waals surface area contributed by atoms with Crippen molar-refractivity contribution in [3.8, 4) is 0 Å². The number of rotatable bonds is 6. The average molecular weight is 293 g/mol. The molecule has 0 aliphatic heterocycles. The normalized spacial score (nSPS) is 12.6. The maximum Gasteiger partial charge on any atom is 0.329 e. The third-order valence-corrected chi connectivity index (χ3v) is 2.58. The van der Waals surface area contributed by atoms with Gasteiger partial charge >= 0.3 is 5.97 Å². The third-order valence-electron chi connectivity index (χ3n) is 2.58. The van der Waals surface area contributed by atoms with Crippen LogP contribution in [0.5, 0.6) is 0 Å². The zero-order valence-corrected chi connectivity index (χ0v) is 13.0. The van der Waals surface area contributed by atoms with Crippen LogP contribution in [0, 0.1) is 0 Å². The summed E-state index contributed by atoms with van der Waals surface area (Å²) in [5.74, 6) is -0.792. The Bertz CT molecular complexity index is 465. The second kappa shape index (κ2) is 7.78. The van der Waals surface area contributed by atoms with E-state index in [1.165, 1.54) is 7.11 Å².